The lowest BCUT2D eigenvalue weighted by Crippen LogP contribution is -2.33. The van der Waals surface area contributed by atoms with Crippen LogP contribution in [0, 0.1) is 5.82 Å². The number of hydrogen-bond acceptors (Lipinski definition) is 6. The van der Waals surface area contributed by atoms with Gasteiger partial charge in [0.25, 0.3) is 11.1 Å². The fourth-order valence-corrected chi connectivity index (χ4v) is 3.55. The van der Waals surface area contributed by atoms with Gasteiger partial charge in [0, 0.05) is 5.69 Å². The van der Waals surface area contributed by atoms with Crippen molar-refractivity contribution in [2.45, 2.75) is 13.8 Å². The monoisotopic (exact) mass is 416 g/mol. The first-order valence-corrected chi connectivity index (χ1v) is 9.98. The summed E-state index contributed by atoms with van der Waals surface area (Å²) >= 11 is 0.861. The molecule has 3 rings (SSSR count). The lowest BCUT2D eigenvalue weighted by molar-refractivity contribution is -0.122. The van der Waals surface area contributed by atoms with Crippen molar-refractivity contribution in [1.29, 1.82) is 0 Å². The van der Waals surface area contributed by atoms with E-state index in [4.69, 9.17) is 9.47 Å². The fraction of sp³-hybridized carbons (Fsp3) is 0.238. The molecule has 0 aromatic heterocycles. The molecule has 1 fully saturated rings. The second-order valence-electron chi connectivity index (χ2n) is 6.03. The smallest absolute Gasteiger partial charge is 0.295 e. The molecule has 0 unspecified atom stereocenters. The lowest BCUT2D eigenvalue weighted by Gasteiger charge is -2.14. The molecule has 2 aromatic carbocycles. The number of carbonyl (C=O) groups is 2. The number of amides is 2. The van der Waals surface area contributed by atoms with Gasteiger partial charge in [0.1, 0.15) is 5.82 Å². The Hall–Kier alpha value is -3.00. The van der Waals surface area contributed by atoms with Crippen LogP contribution in [0.3, 0.4) is 0 Å². The molecule has 1 heterocycles. The maximum atomic E-state index is 13.3. The van der Waals surface area contributed by atoms with Crippen molar-refractivity contribution in [3.63, 3.8) is 0 Å². The molecule has 0 spiro atoms. The summed E-state index contributed by atoms with van der Waals surface area (Å²) in [4.78, 5) is 26.3. The van der Waals surface area contributed by atoms with E-state index in [0.29, 0.717) is 35.3 Å². The van der Waals surface area contributed by atoms with Gasteiger partial charge in [-0.05, 0) is 67.6 Å². The Bertz CT molecular complexity index is 948. The number of rotatable bonds is 8. The zero-order valence-corrected chi connectivity index (χ0v) is 16.9. The summed E-state index contributed by atoms with van der Waals surface area (Å²) in [6.07, 6.45) is 1.64. The summed E-state index contributed by atoms with van der Waals surface area (Å²) < 4.78 is 24.4. The summed E-state index contributed by atoms with van der Waals surface area (Å²) in [5.41, 5.74) is 1.21. The zero-order chi connectivity index (χ0) is 20.8. The minimum absolute atomic E-state index is 0.0427. The summed E-state index contributed by atoms with van der Waals surface area (Å²) in [7, 11) is 0. The highest BCUT2D eigenvalue weighted by Gasteiger charge is 2.34. The predicted molar refractivity (Wildman–Crippen MR) is 111 cm³/mol. The van der Waals surface area contributed by atoms with E-state index in [2.05, 4.69) is 5.32 Å². The lowest BCUT2D eigenvalue weighted by atomic mass is 10.2. The van der Waals surface area contributed by atoms with Gasteiger partial charge >= 0.3 is 0 Å². The van der Waals surface area contributed by atoms with E-state index >= 15 is 0 Å². The Balaban J connectivity index is 1.74. The van der Waals surface area contributed by atoms with Gasteiger partial charge in [-0.2, -0.15) is 0 Å². The maximum absolute atomic E-state index is 13.3. The predicted octanol–water partition coefficient (Wildman–Crippen LogP) is 4.73. The van der Waals surface area contributed by atoms with Crippen molar-refractivity contribution in [2.24, 2.45) is 0 Å². The highest BCUT2D eigenvalue weighted by atomic mass is 32.2. The molecule has 0 saturated carbocycles. The Labute approximate surface area is 172 Å². The van der Waals surface area contributed by atoms with Gasteiger partial charge in [-0.3, -0.25) is 14.5 Å². The number of benzene rings is 2. The number of halogens is 1. The standard InChI is InChI=1S/C21H21FN2O4S/c1-3-27-17-9-8-14(10-18(17)28-4-2)11-19-20(25)24(21(26)29-19)13-23-16-7-5-6-15(22)12-16/h5-12,23H,3-4,13H2,1-2H3. The Morgan fingerprint density at radius 1 is 1.07 bits per heavy atom. The summed E-state index contributed by atoms with van der Waals surface area (Å²) in [5, 5.41) is 2.50. The molecule has 1 aliphatic heterocycles. The first kappa shape index (κ1) is 20.7. The molecule has 8 heteroatoms. The highest BCUT2D eigenvalue weighted by Crippen LogP contribution is 2.34. The number of thioether (sulfide) groups is 1. The van der Waals surface area contributed by atoms with E-state index < -0.39 is 11.7 Å². The van der Waals surface area contributed by atoms with E-state index in [1.165, 1.54) is 12.1 Å². The van der Waals surface area contributed by atoms with Gasteiger partial charge < -0.3 is 14.8 Å². The molecule has 1 saturated heterocycles. The average Bonchev–Trinajstić information content (AvgIpc) is 2.95. The molecule has 6 nitrogen and oxygen atoms in total. The second-order valence-corrected chi connectivity index (χ2v) is 7.02. The van der Waals surface area contributed by atoms with E-state index in [1.54, 1.807) is 36.4 Å². The molecular weight excluding hydrogens is 395 g/mol. The van der Waals surface area contributed by atoms with Crippen molar-refractivity contribution >= 4 is 34.7 Å². The Morgan fingerprint density at radius 2 is 1.83 bits per heavy atom. The number of hydrogen-bond donors (Lipinski definition) is 1. The quantitative estimate of drug-likeness (QED) is 0.628. The van der Waals surface area contributed by atoms with E-state index in [-0.39, 0.29) is 11.9 Å². The van der Waals surface area contributed by atoms with Crippen molar-refractivity contribution in [2.75, 3.05) is 25.2 Å². The molecule has 29 heavy (non-hydrogen) atoms. The van der Waals surface area contributed by atoms with Crippen LogP contribution in [0.4, 0.5) is 14.9 Å². The molecule has 0 aliphatic carbocycles. The molecule has 0 atom stereocenters. The third kappa shape index (κ3) is 5.08. The summed E-state index contributed by atoms with van der Waals surface area (Å²) in [6, 6.07) is 11.2. The molecule has 1 N–H and O–H groups in total. The van der Waals surface area contributed by atoms with E-state index in [9.17, 15) is 14.0 Å². The molecular formula is C21H21FN2O4S. The van der Waals surface area contributed by atoms with E-state index in [1.807, 2.05) is 13.8 Å². The van der Waals surface area contributed by atoms with Gasteiger partial charge in [0.15, 0.2) is 11.5 Å². The number of carbonyl (C=O) groups excluding carboxylic acids is 2. The van der Waals surface area contributed by atoms with Crippen molar-refractivity contribution in [3.8, 4) is 11.5 Å². The van der Waals surface area contributed by atoms with Crippen LogP contribution in [0.5, 0.6) is 11.5 Å². The third-order valence-electron chi connectivity index (χ3n) is 4.00. The molecule has 0 radical (unpaired) electrons. The molecule has 152 valence electrons. The number of imide groups is 1. The first-order valence-electron chi connectivity index (χ1n) is 9.16. The van der Waals surface area contributed by atoms with Crippen molar-refractivity contribution < 1.29 is 23.5 Å². The van der Waals surface area contributed by atoms with Gasteiger partial charge in [-0.1, -0.05) is 12.1 Å². The van der Waals surface area contributed by atoms with E-state index in [0.717, 1.165) is 22.2 Å². The number of nitrogens with zero attached hydrogens (tertiary/aromatic N) is 1. The Kier molecular flexibility index (Phi) is 6.77. The van der Waals surface area contributed by atoms with Gasteiger partial charge in [0.05, 0.1) is 24.8 Å². The zero-order valence-electron chi connectivity index (χ0n) is 16.1. The van der Waals surface area contributed by atoms with Crippen LogP contribution < -0.4 is 14.8 Å². The second kappa shape index (κ2) is 9.47. The van der Waals surface area contributed by atoms with Crippen LogP contribution in [0.15, 0.2) is 47.4 Å². The minimum Gasteiger partial charge on any atom is -0.490 e. The minimum atomic E-state index is -0.407. The van der Waals surface area contributed by atoms with Crippen molar-refractivity contribution in [1.82, 2.24) is 4.90 Å². The number of anilines is 1. The maximum Gasteiger partial charge on any atom is 0.295 e. The highest BCUT2D eigenvalue weighted by molar-refractivity contribution is 8.18. The topological polar surface area (TPSA) is 67.9 Å². The van der Waals surface area contributed by atoms with Crippen LogP contribution in [-0.2, 0) is 4.79 Å². The van der Waals surface area contributed by atoms with Crippen molar-refractivity contribution in [3.05, 3.63) is 58.8 Å². The van der Waals surface area contributed by atoms with Crippen LogP contribution in [0.1, 0.15) is 19.4 Å². The van der Waals surface area contributed by atoms with Gasteiger partial charge in [0.2, 0.25) is 0 Å². The SMILES string of the molecule is CCOc1ccc(C=C2SC(=O)N(CNc3cccc(F)c3)C2=O)cc1OCC. The molecule has 1 aliphatic rings. The normalized spacial score (nSPS) is 15.1. The average molecular weight is 416 g/mol. The third-order valence-corrected chi connectivity index (χ3v) is 4.91. The summed E-state index contributed by atoms with van der Waals surface area (Å²) in [6.45, 7) is 4.71. The van der Waals surface area contributed by atoms with Gasteiger partial charge in [-0.25, -0.2) is 4.39 Å². The first-order chi connectivity index (χ1) is 14.0. The molecule has 2 aromatic rings. The van der Waals surface area contributed by atoms with Crippen LogP contribution in [0.2, 0.25) is 0 Å². The number of ether oxygens (including phenoxy) is 2. The number of nitrogens with one attached hydrogen (secondary N) is 1. The summed E-state index contributed by atoms with van der Waals surface area (Å²) in [5.74, 6) is 0.398. The molecule has 2 amide bonds. The van der Waals surface area contributed by atoms with Gasteiger partial charge in [-0.15, -0.1) is 0 Å². The largest absolute Gasteiger partial charge is 0.490 e. The van der Waals surface area contributed by atoms with Crippen LogP contribution in [0.25, 0.3) is 6.08 Å². The van der Waals surface area contributed by atoms with Crippen LogP contribution in [-0.4, -0.2) is 35.9 Å². The molecule has 0 bridgehead atoms. The fourth-order valence-electron chi connectivity index (χ4n) is 2.71. The Morgan fingerprint density at radius 3 is 2.55 bits per heavy atom. The van der Waals surface area contributed by atoms with Crippen LogP contribution >= 0.6 is 11.8 Å².